The Hall–Kier alpha value is -2.67. The highest BCUT2D eigenvalue weighted by Crippen LogP contribution is 2.38. The molecule has 196 valence electrons. The van der Waals surface area contributed by atoms with E-state index < -0.39 is 17.8 Å². The molecule has 9 nitrogen and oxygen atoms in total. The summed E-state index contributed by atoms with van der Waals surface area (Å²) >= 11 is 9.84. The minimum Gasteiger partial charge on any atom is -0.468 e. The van der Waals surface area contributed by atoms with Gasteiger partial charge in [-0.15, -0.1) is 23.1 Å². The Morgan fingerprint density at radius 1 is 1.11 bits per heavy atom. The second kappa shape index (κ2) is 12.2. The zero-order chi connectivity index (χ0) is 26.5. The van der Waals surface area contributed by atoms with Crippen molar-refractivity contribution in [3.63, 3.8) is 0 Å². The van der Waals surface area contributed by atoms with Crippen molar-refractivity contribution in [3.05, 3.63) is 44.0 Å². The van der Waals surface area contributed by atoms with E-state index in [9.17, 15) is 19.2 Å². The van der Waals surface area contributed by atoms with Crippen LogP contribution in [-0.2, 0) is 43.2 Å². The Labute approximate surface area is 229 Å². The fourth-order valence-corrected chi connectivity index (χ4v) is 7.20. The van der Waals surface area contributed by atoms with E-state index in [1.807, 2.05) is 0 Å². The molecule has 2 heterocycles. The third kappa shape index (κ3) is 6.43. The minimum absolute atomic E-state index is 0.00856. The molecule has 0 radical (unpaired) electrons. The van der Waals surface area contributed by atoms with Crippen molar-refractivity contribution in [2.75, 3.05) is 31.0 Å². The van der Waals surface area contributed by atoms with Crippen LogP contribution < -0.4 is 10.1 Å². The standard InChI is InChI=1S/C24H24ClN3O6S3/c1-33-20(31)10-28-15-8-7-13(25)9-17(15)37-24(28)27-19(30)12-35-11-18(29)26-22-21(23(32)34-2)14-5-3-4-6-16(14)36-22/h7-9H,3-6,10-12H2,1-2H3,(H,26,29). The third-order valence-corrected chi connectivity index (χ3v) is 9.05. The lowest BCUT2D eigenvalue weighted by atomic mass is 9.95. The molecule has 0 spiro atoms. The lowest BCUT2D eigenvalue weighted by molar-refractivity contribution is -0.141. The van der Waals surface area contributed by atoms with Gasteiger partial charge < -0.3 is 19.4 Å². The van der Waals surface area contributed by atoms with E-state index in [0.717, 1.165) is 52.6 Å². The molecule has 1 aliphatic carbocycles. The first-order chi connectivity index (χ1) is 17.8. The van der Waals surface area contributed by atoms with Gasteiger partial charge in [-0.05, 0) is 49.4 Å². The van der Waals surface area contributed by atoms with Gasteiger partial charge in [0.05, 0.1) is 41.5 Å². The molecular formula is C24H24ClN3O6S3. The summed E-state index contributed by atoms with van der Waals surface area (Å²) in [6, 6.07) is 5.19. The molecule has 37 heavy (non-hydrogen) atoms. The zero-order valence-corrected chi connectivity index (χ0v) is 23.3. The van der Waals surface area contributed by atoms with Crippen LogP contribution in [0.3, 0.4) is 0 Å². The summed E-state index contributed by atoms with van der Waals surface area (Å²) in [5.41, 5.74) is 2.11. The topological polar surface area (TPSA) is 116 Å². The first-order valence-electron chi connectivity index (χ1n) is 11.3. The summed E-state index contributed by atoms with van der Waals surface area (Å²) < 4.78 is 12.1. The number of fused-ring (bicyclic) bond motifs is 2. The maximum absolute atomic E-state index is 12.6. The normalized spacial score (nSPS) is 13.3. The number of anilines is 1. The summed E-state index contributed by atoms with van der Waals surface area (Å²) in [5, 5.41) is 3.84. The van der Waals surface area contributed by atoms with E-state index in [1.54, 1.807) is 22.8 Å². The fourth-order valence-electron chi connectivity index (χ4n) is 3.98. The van der Waals surface area contributed by atoms with Crippen LogP contribution in [-0.4, -0.2) is 54.0 Å². The van der Waals surface area contributed by atoms with Gasteiger partial charge in [0.2, 0.25) is 5.91 Å². The first kappa shape index (κ1) is 27.4. The van der Waals surface area contributed by atoms with Gasteiger partial charge in [0, 0.05) is 9.90 Å². The summed E-state index contributed by atoms with van der Waals surface area (Å²) in [5.74, 6) is -1.73. The maximum Gasteiger partial charge on any atom is 0.341 e. The monoisotopic (exact) mass is 581 g/mol. The Morgan fingerprint density at radius 3 is 2.65 bits per heavy atom. The van der Waals surface area contributed by atoms with Crippen molar-refractivity contribution in [1.29, 1.82) is 0 Å². The minimum atomic E-state index is -0.476. The molecule has 0 saturated carbocycles. The van der Waals surface area contributed by atoms with E-state index in [2.05, 4.69) is 10.3 Å². The summed E-state index contributed by atoms with van der Waals surface area (Å²) in [7, 11) is 2.61. The SMILES string of the molecule is COC(=O)Cn1c(=NC(=O)CSCC(=O)Nc2sc3c(c2C(=O)OC)CCCC3)sc2cc(Cl)ccc21. The highest BCUT2D eigenvalue weighted by Gasteiger charge is 2.27. The van der Waals surface area contributed by atoms with Crippen LogP contribution in [0.1, 0.15) is 33.6 Å². The van der Waals surface area contributed by atoms with Crippen molar-refractivity contribution in [3.8, 4) is 0 Å². The van der Waals surface area contributed by atoms with E-state index in [0.29, 0.717) is 25.9 Å². The number of aryl methyl sites for hydroxylation is 1. The van der Waals surface area contributed by atoms with Gasteiger partial charge in [-0.2, -0.15) is 4.99 Å². The number of thiophene rings is 1. The van der Waals surface area contributed by atoms with E-state index in [1.165, 1.54) is 36.9 Å². The number of carbonyl (C=O) groups is 4. The molecular weight excluding hydrogens is 558 g/mol. The van der Waals surface area contributed by atoms with Gasteiger partial charge in [-0.3, -0.25) is 14.4 Å². The number of methoxy groups -OCH3 is 2. The van der Waals surface area contributed by atoms with Gasteiger partial charge in [0.1, 0.15) is 11.5 Å². The predicted molar refractivity (Wildman–Crippen MR) is 146 cm³/mol. The quantitative estimate of drug-likeness (QED) is 0.399. The largest absolute Gasteiger partial charge is 0.468 e. The van der Waals surface area contributed by atoms with Crippen molar-refractivity contribution in [2.45, 2.75) is 32.2 Å². The second-order valence-corrected chi connectivity index (χ2v) is 11.6. The van der Waals surface area contributed by atoms with Crippen LogP contribution in [0.4, 0.5) is 5.00 Å². The molecule has 0 saturated heterocycles. The molecule has 0 bridgehead atoms. The fraction of sp³-hybridized carbons (Fsp3) is 0.375. The lowest BCUT2D eigenvalue weighted by Gasteiger charge is -2.11. The van der Waals surface area contributed by atoms with E-state index in [4.69, 9.17) is 21.1 Å². The Morgan fingerprint density at radius 2 is 1.89 bits per heavy atom. The smallest absolute Gasteiger partial charge is 0.341 e. The number of hydrogen-bond donors (Lipinski definition) is 1. The van der Waals surface area contributed by atoms with Gasteiger partial charge in [-0.25, -0.2) is 4.79 Å². The number of esters is 2. The number of thiazole rings is 1. The van der Waals surface area contributed by atoms with Crippen molar-refractivity contribution < 1.29 is 28.7 Å². The number of nitrogens with zero attached hydrogens (tertiary/aromatic N) is 2. The average molecular weight is 582 g/mol. The molecule has 4 rings (SSSR count). The number of aromatic nitrogens is 1. The number of benzene rings is 1. The Balaban J connectivity index is 1.43. The van der Waals surface area contributed by atoms with Crippen LogP contribution in [0.25, 0.3) is 10.2 Å². The van der Waals surface area contributed by atoms with Gasteiger partial charge in [0.25, 0.3) is 5.91 Å². The predicted octanol–water partition coefficient (Wildman–Crippen LogP) is 4.06. The molecule has 2 amide bonds. The van der Waals surface area contributed by atoms with Crippen LogP contribution >= 0.6 is 46.0 Å². The molecule has 0 aliphatic heterocycles. The van der Waals surface area contributed by atoms with Gasteiger partial charge in [0.15, 0.2) is 4.80 Å². The van der Waals surface area contributed by atoms with Crippen LogP contribution in [0.15, 0.2) is 23.2 Å². The third-order valence-electron chi connectivity index (χ3n) is 5.65. The van der Waals surface area contributed by atoms with E-state index >= 15 is 0 Å². The van der Waals surface area contributed by atoms with Crippen LogP contribution in [0.5, 0.6) is 0 Å². The van der Waals surface area contributed by atoms with Crippen molar-refractivity contribution >= 4 is 85.0 Å². The molecule has 13 heteroatoms. The van der Waals surface area contributed by atoms with Gasteiger partial charge >= 0.3 is 11.9 Å². The molecule has 1 aliphatic rings. The number of nitrogens with one attached hydrogen (secondary N) is 1. The molecule has 0 unspecified atom stereocenters. The summed E-state index contributed by atoms with van der Waals surface area (Å²) in [4.78, 5) is 55.1. The number of hydrogen-bond acceptors (Lipinski definition) is 9. The van der Waals surface area contributed by atoms with Crippen LogP contribution in [0.2, 0.25) is 5.02 Å². The molecule has 2 aromatic heterocycles. The molecule has 0 atom stereocenters. The van der Waals surface area contributed by atoms with Crippen molar-refractivity contribution in [1.82, 2.24) is 4.57 Å². The number of rotatable bonds is 8. The summed E-state index contributed by atoms with van der Waals surface area (Å²) in [6.07, 6.45) is 3.71. The zero-order valence-electron chi connectivity index (χ0n) is 20.1. The highest BCUT2D eigenvalue weighted by molar-refractivity contribution is 8.00. The molecule has 0 fully saturated rings. The maximum atomic E-state index is 12.6. The number of halogens is 1. The number of amides is 2. The average Bonchev–Trinajstić information content (AvgIpc) is 3.40. The number of carbonyl (C=O) groups excluding carboxylic acids is 4. The second-order valence-electron chi connectivity index (χ2n) is 8.11. The van der Waals surface area contributed by atoms with Crippen LogP contribution in [0, 0.1) is 0 Å². The van der Waals surface area contributed by atoms with Gasteiger partial charge in [-0.1, -0.05) is 22.9 Å². The molecule has 1 N–H and O–H groups in total. The first-order valence-corrected chi connectivity index (χ1v) is 14.5. The summed E-state index contributed by atoms with van der Waals surface area (Å²) in [6.45, 7) is -0.104. The Kier molecular flexibility index (Phi) is 9.06. The highest BCUT2D eigenvalue weighted by atomic mass is 35.5. The van der Waals surface area contributed by atoms with Crippen molar-refractivity contribution in [2.24, 2.45) is 4.99 Å². The Bertz CT molecular complexity index is 1440. The number of thioether (sulfide) groups is 1. The molecule has 1 aromatic carbocycles. The van der Waals surface area contributed by atoms with E-state index in [-0.39, 0.29) is 24.0 Å². The lowest BCUT2D eigenvalue weighted by Crippen LogP contribution is -2.23. The number of ether oxygens (including phenoxy) is 2. The molecule has 3 aromatic rings.